The number of rotatable bonds is 6. The van der Waals surface area contributed by atoms with Gasteiger partial charge >= 0.3 is 167 Å². The topological polar surface area (TPSA) is 26.3 Å². The first-order valence-corrected chi connectivity index (χ1v) is 15.3. The zero-order valence-electron chi connectivity index (χ0n) is 15.4. The van der Waals surface area contributed by atoms with Crippen molar-refractivity contribution in [2.45, 2.75) is 0 Å². The molecule has 28 heavy (non-hydrogen) atoms. The van der Waals surface area contributed by atoms with Crippen molar-refractivity contribution in [1.82, 2.24) is 0 Å². The van der Waals surface area contributed by atoms with Gasteiger partial charge in [0.1, 0.15) is 0 Å². The first-order valence-electron chi connectivity index (χ1n) is 9.19. The summed E-state index contributed by atoms with van der Waals surface area (Å²) in [5, 5.41) is 0. The number of benzene rings is 4. The first kappa shape index (κ1) is 18.5. The van der Waals surface area contributed by atoms with E-state index in [1.807, 2.05) is 72.8 Å². The van der Waals surface area contributed by atoms with Crippen LogP contribution in [0.4, 0.5) is 0 Å². The van der Waals surface area contributed by atoms with Crippen LogP contribution in [-0.2, 0) is 7.81 Å². The molecule has 0 bridgehead atoms. The maximum absolute atomic E-state index is 12.1. The molecule has 0 aromatic heterocycles. The van der Waals surface area contributed by atoms with Gasteiger partial charge in [0.15, 0.2) is 0 Å². The Morgan fingerprint density at radius 2 is 0.714 bits per heavy atom. The molecule has 0 atom stereocenters. The minimum atomic E-state index is -4.87. The molecule has 3 heteroatoms. The molecule has 0 amide bonds. The predicted molar refractivity (Wildman–Crippen MR) is 117 cm³/mol. The molecule has 4 aromatic carbocycles. The van der Waals surface area contributed by atoms with Crippen molar-refractivity contribution in [2.75, 3.05) is 0 Å². The van der Waals surface area contributed by atoms with Crippen molar-refractivity contribution in [1.29, 1.82) is 0 Å². The molecule has 4 aromatic rings. The van der Waals surface area contributed by atoms with Crippen LogP contribution in [0, 0.1) is 0 Å². The third-order valence-corrected chi connectivity index (χ3v) is 21.4. The maximum atomic E-state index is 12.1. The van der Waals surface area contributed by atoms with Crippen LogP contribution < -0.4 is 14.0 Å². The summed E-state index contributed by atoms with van der Waals surface area (Å²) in [4.78, 5) is 12.1. The Kier molecular flexibility index (Phi) is 5.06. The predicted octanol–water partition coefficient (Wildman–Crippen LogP) is 2.69. The molecular weight excluding hydrogens is 454 g/mol. The van der Waals surface area contributed by atoms with Gasteiger partial charge in [-0.3, -0.25) is 0 Å². The SMILES string of the molecule is O=C[O][Sb]([c]1ccccc1)([c]1ccccc1)([c]1ccccc1)[c]1ccccc1. The molecule has 0 saturated carbocycles. The van der Waals surface area contributed by atoms with Crippen LogP contribution in [-0.4, -0.2) is 24.3 Å². The third-order valence-electron chi connectivity index (χ3n) is 5.25. The van der Waals surface area contributed by atoms with E-state index in [2.05, 4.69) is 48.5 Å². The Hall–Kier alpha value is -2.83. The number of carbonyl (C=O) groups excluding carboxylic acids is 1. The van der Waals surface area contributed by atoms with E-state index in [4.69, 9.17) is 3.02 Å². The zero-order valence-corrected chi connectivity index (χ0v) is 17.9. The van der Waals surface area contributed by atoms with Crippen molar-refractivity contribution in [3.8, 4) is 0 Å². The molecular formula is C25H21O2Sb. The standard InChI is InChI=1S/4C6H5.CH2O2.Sb/c4*1-2-4-6-5-3-1;2-1-3;/h4*1-5H;1H,(H,2,3);/q;;;;;+1/p-1. The van der Waals surface area contributed by atoms with Gasteiger partial charge in [0.25, 0.3) is 0 Å². The van der Waals surface area contributed by atoms with Crippen LogP contribution in [0.1, 0.15) is 0 Å². The van der Waals surface area contributed by atoms with E-state index < -0.39 is 17.8 Å². The molecule has 138 valence electrons. The van der Waals surface area contributed by atoms with Gasteiger partial charge in [-0.25, -0.2) is 0 Å². The second kappa shape index (κ2) is 7.65. The van der Waals surface area contributed by atoms with Crippen molar-refractivity contribution >= 4 is 38.3 Å². The van der Waals surface area contributed by atoms with E-state index in [-0.39, 0.29) is 0 Å². The minimum absolute atomic E-state index is 0.641. The fraction of sp³-hybridized carbons (Fsp3) is 0. The van der Waals surface area contributed by atoms with E-state index >= 15 is 0 Å². The van der Waals surface area contributed by atoms with E-state index in [9.17, 15) is 4.79 Å². The van der Waals surface area contributed by atoms with Gasteiger partial charge in [-0.2, -0.15) is 0 Å². The molecule has 0 aliphatic heterocycles. The van der Waals surface area contributed by atoms with Crippen molar-refractivity contribution in [3.05, 3.63) is 121 Å². The van der Waals surface area contributed by atoms with E-state index in [1.54, 1.807) is 0 Å². The molecule has 0 aliphatic rings. The van der Waals surface area contributed by atoms with Crippen molar-refractivity contribution in [3.63, 3.8) is 0 Å². The fourth-order valence-corrected chi connectivity index (χ4v) is 19.5. The molecule has 0 N–H and O–H groups in total. The van der Waals surface area contributed by atoms with Crippen LogP contribution >= 0.6 is 0 Å². The van der Waals surface area contributed by atoms with Crippen LogP contribution in [0.3, 0.4) is 0 Å². The summed E-state index contributed by atoms with van der Waals surface area (Å²) >= 11 is -4.87. The summed E-state index contributed by atoms with van der Waals surface area (Å²) in [6.45, 7) is 0.641. The summed E-state index contributed by atoms with van der Waals surface area (Å²) in [6.07, 6.45) is 0. The summed E-state index contributed by atoms with van der Waals surface area (Å²) in [7, 11) is 0. The molecule has 0 unspecified atom stereocenters. The van der Waals surface area contributed by atoms with Gasteiger partial charge in [-0.15, -0.1) is 0 Å². The number of hydrogen-bond donors (Lipinski definition) is 0. The van der Waals surface area contributed by atoms with E-state index in [0.717, 1.165) is 14.0 Å². The molecule has 2 nitrogen and oxygen atoms in total. The van der Waals surface area contributed by atoms with Gasteiger partial charge in [-0.1, -0.05) is 0 Å². The Morgan fingerprint density at radius 3 is 0.929 bits per heavy atom. The molecule has 0 heterocycles. The third kappa shape index (κ3) is 2.60. The van der Waals surface area contributed by atoms with Gasteiger partial charge < -0.3 is 0 Å². The normalized spacial score (nSPS) is 12.5. The summed E-state index contributed by atoms with van der Waals surface area (Å²) in [5.74, 6) is 0. The van der Waals surface area contributed by atoms with Gasteiger partial charge in [-0.05, 0) is 0 Å². The average Bonchev–Trinajstić information content (AvgIpc) is 2.80. The van der Waals surface area contributed by atoms with Crippen LogP contribution in [0.25, 0.3) is 0 Å². The van der Waals surface area contributed by atoms with Crippen LogP contribution in [0.2, 0.25) is 0 Å². The van der Waals surface area contributed by atoms with Crippen LogP contribution in [0.15, 0.2) is 121 Å². The molecule has 0 aliphatic carbocycles. The monoisotopic (exact) mass is 474 g/mol. The molecule has 0 saturated heterocycles. The van der Waals surface area contributed by atoms with Gasteiger partial charge in [0.05, 0.1) is 0 Å². The second-order valence-electron chi connectivity index (χ2n) is 6.58. The first-order chi connectivity index (χ1) is 13.8. The van der Waals surface area contributed by atoms with Crippen molar-refractivity contribution < 1.29 is 7.81 Å². The van der Waals surface area contributed by atoms with E-state index in [0.29, 0.717) is 6.47 Å². The van der Waals surface area contributed by atoms with Gasteiger partial charge in [0.2, 0.25) is 0 Å². The quantitative estimate of drug-likeness (QED) is 0.317. The Morgan fingerprint density at radius 1 is 0.464 bits per heavy atom. The molecule has 0 spiro atoms. The zero-order chi connectivity index (χ0) is 19.3. The summed E-state index contributed by atoms with van der Waals surface area (Å²) in [6, 6.07) is 40.9. The molecule has 0 radical (unpaired) electrons. The average molecular weight is 475 g/mol. The summed E-state index contributed by atoms with van der Waals surface area (Å²) < 4.78 is 10.7. The second-order valence-corrected chi connectivity index (χ2v) is 19.0. The number of carbonyl (C=O) groups is 1. The van der Waals surface area contributed by atoms with Gasteiger partial charge in [0, 0.05) is 0 Å². The fourth-order valence-electron chi connectivity index (χ4n) is 4.07. The Bertz CT molecular complexity index is 879. The summed E-state index contributed by atoms with van der Waals surface area (Å²) in [5.41, 5.74) is 0. The van der Waals surface area contributed by atoms with E-state index in [1.165, 1.54) is 0 Å². The Balaban J connectivity index is 2.30. The Labute approximate surface area is 167 Å². The molecule has 4 rings (SSSR count). The van der Waals surface area contributed by atoms with Crippen LogP contribution in [0.5, 0.6) is 0 Å². The molecule has 0 fully saturated rings. The number of hydrogen-bond acceptors (Lipinski definition) is 2. The van der Waals surface area contributed by atoms with Crippen molar-refractivity contribution in [2.24, 2.45) is 0 Å².